The monoisotopic (exact) mass is 363 g/mol. The fourth-order valence-electron chi connectivity index (χ4n) is 1.39. The van der Waals surface area contributed by atoms with Crippen molar-refractivity contribution in [3.63, 3.8) is 0 Å². The Morgan fingerprint density at radius 3 is 2.82 bits per heavy atom. The molecule has 0 aliphatic heterocycles. The number of carbonyl (C=O) groups is 1. The van der Waals surface area contributed by atoms with Crippen molar-refractivity contribution in [1.29, 1.82) is 0 Å². The SMILES string of the molecule is COC(=O)C(Br)CN[C@@H](C)c1cccc(Br)c1. The van der Waals surface area contributed by atoms with Gasteiger partial charge in [-0.1, -0.05) is 44.0 Å². The Kier molecular flexibility index (Phi) is 6.16. The molecule has 17 heavy (non-hydrogen) atoms. The summed E-state index contributed by atoms with van der Waals surface area (Å²) in [5, 5.41) is 3.27. The molecule has 1 N–H and O–H groups in total. The second-order valence-electron chi connectivity index (χ2n) is 3.68. The predicted molar refractivity (Wildman–Crippen MR) is 75.3 cm³/mol. The number of carbonyl (C=O) groups excluding carboxylic acids is 1. The van der Waals surface area contributed by atoms with Gasteiger partial charge in [0, 0.05) is 17.1 Å². The molecule has 0 aliphatic carbocycles. The molecule has 0 saturated heterocycles. The molecule has 1 aromatic rings. The highest BCUT2D eigenvalue weighted by Crippen LogP contribution is 2.18. The van der Waals surface area contributed by atoms with E-state index >= 15 is 0 Å². The minimum atomic E-state index is -0.317. The Morgan fingerprint density at radius 2 is 2.24 bits per heavy atom. The molecule has 0 radical (unpaired) electrons. The fraction of sp³-hybridized carbons (Fsp3) is 0.417. The maximum Gasteiger partial charge on any atom is 0.320 e. The molecule has 0 aromatic heterocycles. The molecule has 0 bridgehead atoms. The van der Waals surface area contributed by atoms with Gasteiger partial charge in [0.2, 0.25) is 0 Å². The first-order valence-electron chi connectivity index (χ1n) is 5.25. The van der Waals surface area contributed by atoms with Crippen LogP contribution in [0.15, 0.2) is 28.7 Å². The van der Waals surface area contributed by atoms with E-state index in [1.165, 1.54) is 12.7 Å². The van der Waals surface area contributed by atoms with Crippen molar-refractivity contribution < 1.29 is 9.53 Å². The van der Waals surface area contributed by atoms with Crippen molar-refractivity contribution in [2.24, 2.45) is 0 Å². The summed E-state index contributed by atoms with van der Waals surface area (Å²) in [6.45, 7) is 2.58. The Balaban J connectivity index is 2.50. The van der Waals surface area contributed by atoms with Crippen LogP contribution < -0.4 is 5.32 Å². The normalized spacial score (nSPS) is 14.1. The topological polar surface area (TPSA) is 38.3 Å². The highest BCUT2D eigenvalue weighted by Gasteiger charge is 2.16. The van der Waals surface area contributed by atoms with Crippen LogP contribution in [0.5, 0.6) is 0 Å². The lowest BCUT2D eigenvalue weighted by Gasteiger charge is -2.16. The first-order chi connectivity index (χ1) is 8.04. The second-order valence-corrected chi connectivity index (χ2v) is 5.70. The van der Waals surface area contributed by atoms with Gasteiger partial charge in [0.1, 0.15) is 4.83 Å². The van der Waals surface area contributed by atoms with E-state index in [0.717, 1.165) is 4.47 Å². The lowest BCUT2D eigenvalue weighted by Crippen LogP contribution is -2.31. The second kappa shape index (κ2) is 7.13. The lowest BCUT2D eigenvalue weighted by molar-refractivity contribution is -0.139. The maximum absolute atomic E-state index is 11.2. The highest BCUT2D eigenvalue weighted by atomic mass is 79.9. The molecular weight excluding hydrogens is 350 g/mol. The number of methoxy groups -OCH3 is 1. The molecule has 1 rings (SSSR count). The Hall–Kier alpha value is -0.390. The molecule has 94 valence electrons. The molecular formula is C12H15Br2NO2. The van der Waals surface area contributed by atoms with Gasteiger partial charge in [0.05, 0.1) is 7.11 Å². The summed E-state index contributed by atoms with van der Waals surface area (Å²) >= 11 is 6.71. The molecule has 5 heteroatoms. The van der Waals surface area contributed by atoms with E-state index in [-0.39, 0.29) is 16.8 Å². The van der Waals surface area contributed by atoms with E-state index in [2.05, 4.69) is 54.9 Å². The third-order valence-electron chi connectivity index (χ3n) is 2.41. The standard InChI is InChI=1S/C12H15Br2NO2/c1-8(9-4-3-5-10(13)6-9)15-7-11(14)12(16)17-2/h3-6,8,11,15H,7H2,1-2H3/t8-,11?/m0/s1. The Labute approximate surface area is 118 Å². The summed E-state index contributed by atoms with van der Waals surface area (Å²) in [6.07, 6.45) is 0. The van der Waals surface area contributed by atoms with Gasteiger partial charge >= 0.3 is 5.97 Å². The summed E-state index contributed by atoms with van der Waals surface area (Å²) in [7, 11) is 1.38. The van der Waals surface area contributed by atoms with Crippen LogP contribution in [0.4, 0.5) is 0 Å². The van der Waals surface area contributed by atoms with Crippen LogP contribution in [0.3, 0.4) is 0 Å². The maximum atomic E-state index is 11.2. The van der Waals surface area contributed by atoms with E-state index < -0.39 is 0 Å². The molecule has 1 unspecified atom stereocenters. The van der Waals surface area contributed by atoms with Crippen molar-refractivity contribution in [3.05, 3.63) is 34.3 Å². The van der Waals surface area contributed by atoms with Gasteiger partial charge in [0.15, 0.2) is 0 Å². The third kappa shape index (κ3) is 4.77. The van der Waals surface area contributed by atoms with E-state index in [1.807, 2.05) is 18.2 Å². The molecule has 0 spiro atoms. The van der Waals surface area contributed by atoms with Crippen LogP contribution in [0.2, 0.25) is 0 Å². The van der Waals surface area contributed by atoms with Crippen molar-refractivity contribution in [2.75, 3.05) is 13.7 Å². The third-order valence-corrected chi connectivity index (χ3v) is 3.60. The molecule has 1 aromatic carbocycles. The van der Waals surface area contributed by atoms with E-state index in [0.29, 0.717) is 6.54 Å². The van der Waals surface area contributed by atoms with Crippen molar-refractivity contribution in [1.82, 2.24) is 5.32 Å². The molecule has 3 nitrogen and oxygen atoms in total. The van der Waals surface area contributed by atoms with Crippen LogP contribution >= 0.6 is 31.9 Å². The van der Waals surface area contributed by atoms with Crippen molar-refractivity contribution in [2.45, 2.75) is 17.8 Å². The van der Waals surface area contributed by atoms with E-state index in [1.54, 1.807) is 0 Å². The Bertz CT molecular complexity index is 385. The highest BCUT2D eigenvalue weighted by molar-refractivity contribution is 9.10. The van der Waals surface area contributed by atoms with Gasteiger partial charge in [-0.3, -0.25) is 4.79 Å². The zero-order valence-electron chi connectivity index (χ0n) is 9.74. The Morgan fingerprint density at radius 1 is 1.53 bits per heavy atom. The summed E-state index contributed by atoms with van der Waals surface area (Å²) in [5.74, 6) is -0.265. The van der Waals surface area contributed by atoms with Gasteiger partial charge in [-0.15, -0.1) is 0 Å². The summed E-state index contributed by atoms with van der Waals surface area (Å²) in [6, 6.07) is 8.25. The molecule has 0 amide bonds. The first-order valence-corrected chi connectivity index (χ1v) is 6.96. The summed E-state index contributed by atoms with van der Waals surface area (Å²) in [4.78, 5) is 10.9. The van der Waals surface area contributed by atoms with Crippen LogP contribution in [0, 0.1) is 0 Å². The minimum absolute atomic E-state index is 0.178. The first kappa shape index (κ1) is 14.7. The molecule has 0 heterocycles. The van der Waals surface area contributed by atoms with Gasteiger partial charge < -0.3 is 10.1 Å². The molecule has 0 saturated carbocycles. The number of esters is 1. The van der Waals surface area contributed by atoms with Crippen LogP contribution in [0.1, 0.15) is 18.5 Å². The smallest absolute Gasteiger partial charge is 0.320 e. The quantitative estimate of drug-likeness (QED) is 0.644. The average Bonchev–Trinajstić information content (AvgIpc) is 2.34. The van der Waals surface area contributed by atoms with Gasteiger partial charge in [-0.25, -0.2) is 0 Å². The van der Waals surface area contributed by atoms with Crippen LogP contribution in [0.25, 0.3) is 0 Å². The number of ether oxygens (including phenoxy) is 1. The number of hydrogen-bond donors (Lipinski definition) is 1. The largest absolute Gasteiger partial charge is 0.468 e. The fourth-order valence-corrected chi connectivity index (χ4v) is 2.18. The van der Waals surface area contributed by atoms with Gasteiger partial charge in [-0.2, -0.15) is 0 Å². The summed E-state index contributed by atoms with van der Waals surface area (Å²) < 4.78 is 5.68. The van der Waals surface area contributed by atoms with Gasteiger partial charge in [0.25, 0.3) is 0 Å². The number of benzene rings is 1. The van der Waals surface area contributed by atoms with Crippen molar-refractivity contribution >= 4 is 37.8 Å². The average molecular weight is 365 g/mol. The minimum Gasteiger partial charge on any atom is -0.468 e. The lowest BCUT2D eigenvalue weighted by atomic mass is 10.1. The zero-order valence-corrected chi connectivity index (χ0v) is 12.9. The van der Waals surface area contributed by atoms with E-state index in [4.69, 9.17) is 0 Å². The number of alkyl halides is 1. The summed E-state index contributed by atoms with van der Waals surface area (Å²) in [5.41, 5.74) is 1.17. The number of halogens is 2. The molecule has 2 atom stereocenters. The van der Waals surface area contributed by atoms with E-state index in [9.17, 15) is 4.79 Å². The number of rotatable bonds is 5. The molecule has 0 fully saturated rings. The van der Waals surface area contributed by atoms with Crippen molar-refractivity contribution in [3.8, 4) is 0 Å². The van der Waals surface area contributed by atoms with Crippen LogP contribution in [-0.4, -0.2) is 24.5 Å². The zero-order chi connectivity index (χ0) is 12.8. The molecule has 0 aliphatic rings. The van der Waals surface area contributed by atoms with Crippen LogP contribution in [-0.2, 0) is 9.53 Å². The number of hydrogen-bond acceptors (Lipinski definition) is 3. The predicted octanol–water partition coefficient (Wildman–Crippen LogP) is 3.04. The number of nitrogens with one attached hydrogen (secondary N) is 1. The van der Waals surface area contributed by atoms with Gasteiger partial charge in [-0.05, 0) is 24.6 Å².